The smallest absolute Gasteiger partial charge is 0.329 e. The second-order valence-corrected chi connectivity index (χ2v) is 7.38. The van der Waals surface area contributed by atoms with E-state index >= 15 is 0 Å². The number of anilines is 3. The molecule has 1 saturated carbocycles. The molecule has 9 nitrogen and oxygen atoms in total. The molecule has 4 rings (SSSR count). The van der Waals surface area contributed by atoms with Gasteiger partial charge in [0, 0.05) is 30.2 Å². The molecule has 0 atom stereocenters. The van der Waals surface area contributed by atoms with Crippen LogP contribution in [0, 0.1) is 11.3 Å². The SMILES string of the molecule is N#Cc1cncc(-c2ccc(N)c(N(C(=O)Nc3cccnn3)C3CCCCC3)n2)c1. The third-order valence-corrected chi connectivity index (χ3v) is 5.26. The average Bonchev–Trinajstić information content (AvgIpc) is 2.82. The van der Waals surface area contributed by atoms with Crippen molar-refractivity contribution in [2.24, 2.45) is 0 Å². The van der Waals surface area contributed by atoms with Crippen molar-refractivity contribution in [3.63, 3.8) is 0 Å². The van der Waals surface area contributed by atoms with Crippen LogP contribution in [0.1, 0.15) is 37.7 Å². The first-order valence-electron chi connectivity index (χ1n) is 10.2. The van der Waals surface area contributed by atoms with E-state index in [2.05, 4.69) is 26.6 Å². The molecule has 0 aromatic carbocycles. The summed E-state index contributed by atoms with van der Waals surface area (Å²) >= 11 is 0. The number of hydrogen-bond acceptors (Lipinski definition) is 7. The second-order valence-electron chi connectivity index (χ2n) is 7.38. The summed E-state index contributed by atoms with van der Waals surface area (Å²) in [6.45, 7) is 0. The maximum Gasteiger partial charge on any atom is 0.329 e. The van der Waals surface area contributed by atoms with Crippen LogP contribution in [0.2, 0.25) is 0 Å². The molecular formula is C22H22N8O. The number of nitrogens with zero attached hydrogens (tertiary/aromatic N) is 6. The van der Waals surface area contributed by atoms with Gasteiger partial charge in [-0.05, 0) is 43.2 Å². The molecule has 3 heterocycles. The summed E-state index contributed by atoms with van der Waals surface area (Å²) < 4.78 is 0. The van der Waals surface area contributed by atoms with Gasteiger partial charge in [0.1, 0.15) is 6.07 Å². The summed E-state index contributed by atoms with van der Waals surface area (Å²) in [4.78, 5) is 23.8. The van der Waals surface area contributed by atoms with Gasteiger partial charge in [0.2, 0.25) is 0 Å². The number of aromatic nitrogens is 4. The Labute approximate surface area is 180 Å². The summed E-state index contributed by atoms with van der Waals surface area (Å²) in [5, 5.41) is 19.7. The van der Waals surface area contributed by atoms with E-state index in [9.17, 15) is 10.1 Å². The molecular weight excluding hydrogens is 392 g/mol. The number of rotatable bonds is 4. The number of pyridine rings is 2. The van der Waals surface area contributed by atoms with Crippen LogP contribution in [-0.4, -0.2) is 32.2 Å². The van der Waals surface area contributed by atoms with Crippen LogP contribution in [-0.2, 0) is 0 Å². The van der Waals surface area contributed by atoms with Crippen molar-refractivity contribution in [1.82, 2.24) is 20.2 Å². The number of nitrogens with two attached hydrogens (primary N) is 1. The molecule has 31 heavy (non-hydrogen) atoms. The first-order valence-corrected chi connectivity index (χ1v) is 10.2. The minimum atomic E-state index is -0.354. The minimum absolute atomic E-state index is 0.0287. The van der Waals surface area contributed by atoms with Crippen molar-refractivity contribution in [2.75, 3.05) is 16.0 Å². The predicted octanol–water partition coefficient (Wildman–Crippen LogP) is 3.76. The van der Waals surface area contributed by atoms with E-state index in [0.717, 1.165) is 32.1 Å². The van der Waals surface area contributed by atoms with Gasteiger partial charge < -0.3 is 5.73 Å². The van der Waals surface area contributed by atoms with Gasteiger partial charge in [-0.15, -0.1) is 5.10 Å². The largest absolute Gasteiger partial charge is 0.396 e. The van der Waals surface area contributed by atoms with E-state index in [0.29, 0.717) is 34.1 Å². The molecule has 0 spiro atoms. The highest BCUT2D eigenvalue weighted by Crippen LogP contribution is 2.32. The third-order valence-electron chi connectivity index (χ3n) is 5.26. The summed E-state index contributed by atoms with van der Waals surface area (Å²) in [7, 11) is 0. The fourth-order valence-electron chi connectivity index (χ4n) is 3.77. The number of nitrogen functional groups attached to an aromatic ring is 1. The fourth-order valence-corrected chi connectivity index (χ4v) is 3.77. The summed E-state index contributed by atoms with van der Waals surface area (Å²) in [5.41, 5.74) is 8.38. The molecule has 0 bridgehead atoms. The van der Waals surface area contributed by atoms with Crippen molar-refractivity contribution in [2.45, 2.75) is 38.1 Å². The van der Waals surface area contributed by atoms with Crippen LogP contribution in [0.5, 0.6) is 0 Å². The highest BCUT2D eigenvalue weighted by molar-refractivity contribution is 6.02. The molecule has 9 heteroatoms. The van der Waals surface area contributed by atoms with E-state index in [1.165, 1.54) is 6.20 Å². The Bertz CT molecular complexity index is 1110. The molecule has 3 aromatic heterocycles. The topological polar surface area (TPSA) is 134 Å². The van der Waals surface area contributed by atoms with Crippen LogP contribution in [0.25, 0.3) is 11.3 Å². The second kappa shape index (κ2) is 9.17. The summed E-state index contributed by atoms with van der Waals surface area (Å²) in [6, 6.07) is 10.3. The standard InChI is InChI=1S/C22H22N8O/c23-12-15-11-16(14-25-13-15)19-9-8-18(24)21(27-19)30(17-5-2-1-3-6-17)22(31)28-20-7-4-10-26-29-20/h4,7-11,13-14,17H,1-3,5-6,24H2,(H,28,29,31). The van der Waals surface area contributed by atoms with E-state index in [4.69, 9.17) is 10.7 Å². The zero-order chi connectivity index (χ0) is 21.6. The molecule has 1 aliphatic rings. The minimum Gasteiger partial charge on any atom is -0.396 e. The summed E-state index contributed by atoms with van der Waals surface area (Å²) in [6.07, 6.45) is 9.61. The number of urea groups is 1. The van der Waals surface area contributed by atoms with Crippen molar-refractivity contribution in [1.29, 1.82) is 5.26 Å². The monoisotopic (exact) mass is 414 g/mol. The quantitative estimate of drug-likeness (QED) is 0.664. The number of nitriles is 1. The first-order chi connectivity index (χ1) is 15.2. The molecule has 3 N–H and O–H groups in total. The van der Waals surface area contributed by atoms with E-state index in [1.807, 2.05) is 0 Å². The highest BCUT2D eigenvalue weighted by Gasteiger charge is 2.30. The van der Waals surface area contributed by atoms with E-state index in [1.54, 1.807) is 47.6 Å². The normalized spacial score (nSPS) is 13.9. The van der Waals surface area contributed by atoms with Gasteiger partial charge in [-0.1, -0.05) is 19.3 Å². The van der Waals surface area contributed by atoms with Gasteiger partial charge in [-0.25, -0.2) is 9.78 Å². The van der Waals surface area contributed by atoms with Gasteiger partial charge in [0.15, 0.2) is 11.6 Å². The van der Waals surface area contributed by atoms with Crippen molar-refractivity contribution in [3.8, 4) is 17.3 Å². The Kier molecular flexibility index (Phi) is 5.98. The predicted molar refractivity (Wildman–Crippen MR) is 117 cm³/mol. The lowest BCUT2D eigenvalue weighted by Gasteiger charge is -2.34. The molecule has 2 amide bonds. The maximum absolute atomic E-state index is 13.3. The zero-order valence-electron chi connectivity index (χ0n) is 16.9. The van der Waals surface area contributed by atoms with Crippen molar-refractivity contribution < 1.29 is 4.79 Å². The van der Waals surface area contributed by atoms with Crippen molar-refractivity contribution >= 4 is 23.4 Å². The van der Waals surface area contributed by atoms with Gasteiger partial charge in [-0.2, -0.15) is 10.4 Å². The van der Waals surface area contributed by atoms with Crippen LogP contribution in [0.3, 0.4) is 0 Å². The average molecular weight is 414 g/mol. The van der Waals surface area contributed by atoms with E-state index in [-0.39, 0.29) is 12.1 Å². The number of nitrogens with one attached hydrogen (secondary N) is 1. The molecule has 0 radical (unpaired) electrons. The Morgan fingerprint density at radius 1 is 1.19 bits per heavy atom. The lowest BCUT2D eigenvalue weighted by Crippen LogP contribution is -2.45. The molecule has 0 aliphatic heterocycles. The third kappa shape index (κ3) is 4.59. The Hall–Kier alpha value is -4.06. The lowest BCUT2D eigenvalue weighted by atomic mass is 9.94. The maximum atomic E-state index is 13.3. The highest BCUT2D eigenvalue weighted by atomic mass is 16.2. The molecule has 156 valence electrons. The molecule has 1 aliphatic carbocycles. The van der Waals surface area contributed by atoms with E-state index < -0.39 is 0 Å². The van der Waals surface area contributed by atoms with Gasteiger partial charge >= 0.3 is 6.03 Å². The Balaban J connectivity index is 1.73. The molecule has 0 unspecified atom stereocenters. The Morgan fingerprint density at radius 3 is 2.77 bits per heavy atom. The first kappa shape index (κ1) is 20.2. The van der Waals surface area contributed by atoms with Crippen LogP contribution >= 0.6 is 0 Å². The lowest BCUT2D eigenvalue weighted by molar-refractivity contribution is 0.252. The van der Waals surface area contributed by atoms with Crippen molar-refractivity contribution in [3.05, 3.63) is 54.5 Å². The van der Waals surface area contributed by atoms with Gasteiger partial charge in [0.25, 0.3) is 0 Å². The van der Waals surface area contributed by atoms with Crippen LogP contribution in [0.4, 0.5) is 22.1 Å². The molecule has 0 saturated heterocycles. The van der Waals surface area contributed by atoms with Gasteiger partial charge in [0.05, 0.1) is 16.9 Å². The van der Waals surface area contributed by atoms with Crippen LogP contribution in [0.15, 0.2) is 48.9 Å². The van der Waals surface area contributed by atoms with Gasteiger partial charge in [-0.3, -0.25) is 15.2 Å². The molecule has 1 fully saturated rings. The molecule has 3 aromatic rings. The Morgan fingerprint density at radius 2 is 2.03 bits per heavy atom. The van der Waals surface area contributed by atoms with Crippen LogP contribution < -0.4 is 16.0 Å². The number of carbonyl (C=O) groups excluding carboxylic acids is 1. The zero-order valence-corrected chi connectivity index (χ0v) is 16.9. The fraction of sp³-hybridized carbons (Fsp3) is 0.273. The number of carbonyl (C=O) groups is 1. The number of amides is 2. The summed E-state index contributed by atoms with van der Waals surface area (Å²) in [5.74, 6) is 0.738. The number of hydrogen-bond donors (Lipinski definition) is 2.